The predicted molar refractivity (Wildman–Crippen MR) is 108 cm³/mol. The van der Waals surface area contributed by atoms with Crippen LogP contribution in [0.15, 0.2) is 30.3 Å². The van der Waals surface area contributed by atoms with Crippen LogP contribution in [0.3, 0.4) is 0 Å². The third kappa shape index (κ3) is 5.34. The highest BCUT2D eigenvalue weighted by atomic mass is 16.5. The van der Waals surface area contributed by atoms with E-state index in [9.17, 15) is 9.90 Å². The normalized spacial score (nSPS) is 17.5. The lowest BCUT2D eigenvalue weighted by molar-refractivity contribution is -0.899. The van der Waals surface area contributed by atoms with Gasteiger partial charge in [-0.3, -0.25) is 0 Å². The molecular formula is C23H34NO3+. The Balaban J connectivity index is 2.07. The highest BCUT2D eigenvalue weighted by Gasteiger charge is 2.47. The third-order valence-corrected chi connectivity index (χ3v) is 6.11. The van der Waals surface area contributed by atoms with Gasteiger partial charge >= 0.3 is 5.97 Å². The summed E-state index contributed by atoms with van der Waals surface area (Å²) in [7, 11) is 2.16. The Hall–Kier alpha value is -1.83. The van der Waals surface area contributed by atoms with Gasteiger partial charge in [-0.1, -0.05) is 55.5 Å². The summed E-state index contributed by atoms with van der Waals surface area (Å²) < 4.78 is 6.30. The zero-order chi connectivity index (χ0) is 19.8. The number of rotatable bonds is 7. The number of carbonyl (C=O) groups is 1. The van der Waals surface area contributed by atoms with Crippen LogP contribution in [0.25, 0.3) is 0 Å². The fourth-order valence-electron chi connectivity index (χ4n) is 3.69. The van der Waals surface area contributed by atoms with Crippen molar-refractivity contribution in [2.24, 2.45) is 5.92 Å². The van der Waals surface area contributed by atoms with Crippen LogP contribution in [-0.2, 0) is 15.1 Å². The van der Waals surface area contributed by atoms with Gasteiger partial charge in [0.25, 0.3) is 0 Å². The molecule has 0 aliphatic heterocycles. The molecule has 0 bridgehead atoms. The monoisotopic (exact) mass is 372 g/mol. The van der Waals surface area contributed by atoms with E-state index in [-0.39, 0.29) is 12.5 Å². The van der Waals surface area contributed by atoms with E-state index in [1.54, 1.807) is 0 Å². The number of aliphatic hydroxyl groups is 1. The molecule has 1 saturated carbocycles. The van der Waals surface area contributed by atoms with Crippen molar-refractivity contribution in [3.05, 3.63) is 35.9 Å². The molecule has 1 aliphatic carbocycles. The molecule has 1 unspecified atom stereocenters. The first-order chi connectivity index (χ1) is 13.0. The Morgan fingerprint density at radius 1 is 1.15 bits per heavy atom. The molecule has 4 nitrogen and oxygen atoms in total. The number of nitrogens with zero attached hydrogens (tertiary/aromatic N) is 1. The quantitative estimate of drug-likeness (QED) is 0.453. The lowest BCUT2D eigenvalue weighted by Crippen LogP contribution is -2.45. The maximum absolute atomic E-state index is 12.9. The van der Waals surface area contributed by atoms with E-state index in [0.29, 0.717) is 5.56 Å². The van der Waals surface area contributed by atoms with Gasteiger partial charge in [0.1, 0.15) is 6.54 Å². The van der Waals surface area contributed by atoms with Gasteiger partial charge in [0, 0.05) is 5.92 Å². The highest BCUT2D eigenvalue weighted by molar-refractivity contribution is 5.81. The van der Waals surface area contributed by atoms with E-state index in [0.717, 1.165) is 56.2 Å². The predicted octanol–water partition coefficient (Wildman–Crippen LogP) is 3.49. The van der Waals surface area contributed by atoms with Crippen LogP contribution in [0.2, 0.25) is 0 Å². The van der Waals surface area contributed by atoms with Crippen LogP contribution >= 0.6 is 0 Å². The van der Waals surface area contributed by atoms with Crippen LogP contribution in [0.4, 0.5) is 0 Å². The lowest BCUT2D eigenvalue weighted by Gasteiger charge is -2.36. The molecule has 0 aromatic heterocycles. The maximum atomic E-state index is 12.9. The summed E-state index contributed by atoms with van der Waals surface area (Å²) in [4.78, 5) is 12.9. The van der Waals surface area contributed by atoms with E-state index in [1.165, 1.54) is 0 Å². The van der Waals surface area contributed by atoms with Crippen LogP contribution in [0.5, 0.6) is 0 Å². The standard InChI is InChI=1S/C23H34NO3/c1-4-24(3,5-2)18-12-13-19-27-22(25)23(26,20-14-8-6-9-15-20)21-16-10-7-11-17-21/h6,8-9,14-15,21,26H,4-5,7,10-11,16-19H2,1-3H3/q+1. The molecule has 0 amide bonds. The summed E-state index contributed by atoms with van der Waals surface area (Å²) in [6.07, 6.45) is 4.92. The summed E-state index contributed by atoms with van der Waals surface area (Å²) >= 11 is 0. The lowest BCUT2D eigenvalue weighted by atomic mass is 9.73. The molecule has 2 rings (SSSR count). The first kappa shape index (κ1) is 21.5. The van der Waals surface area contributed by atoms with Gasteiger partial charge in [-0.05, 0) is 38.2 Å². The van der Waals surface area contributed by atoms with Gasteiger partial charge in [-0.2, -0.15) is 0 Å². The number of hydrogen-bond acceptors (Lipinski definition) is 3. The maximum Gasteiger partial charge on any atom is 0.344 e. The fourth-order valence-corrected chi connectivity index (χ4v) is 3.69. The Morgan fingerprint density at radius 2 is 1.78 bits per heavy atom. The van der Waals surface area contributed by atoms with Gasteiger partial charge in [-0.15, -0.1) is 0 Å². The summed E-state index contributed by atoms with van der Waals surface area (Å²) in [6.45, 7) is 7.08. The minimum absolute atomic E-state index is 0.0219. The van der Waals surface area contributed by atoms with Crippen molar-refractivity contribution in [2.75, 3.05) is 33.3 Å². The van der Waals surface area contributed by atoms with Crippen molar-refractivity contribution >= 4 is 5.97 Å². The number of quaternary nitrogens is 1. The molecule has 27 heavy (non-hydrogen) atoms. The SMILES string of the molecule is CC[N+](C)(CC)CC#CCOC(=O)C(O)(c1ccccc1)C1CCCCC1. The Morgan fingerprint density at radius 3 is 2.37 bits per heavy atom. The smallest absolute Gasteiger partial charge is 0.344 e. The summed E-state index contributed by atoms with van der Waals surface area (Å²) in [6, 6.07) is 9.22. The summed E-state index contributed by atoms with van der Waals surface area (Å²) in [5.74, 6) is 5.39. The number of benzene rings is 1. The Kier molecular flexibility index (Phi) is 7.89. The zero-order valence-electron chi connectivity index (χ0n) is 17.0. The van der Waals surface area contributed by atoms with Gasteiger partial charge in [0.2, 0.25) is 0 Å². The molecule has 1 aromatic carbocycles. The fraction of sp³-hybridized carbons (Fsp3) is 0.609. The van der Waals surface area contributed by atoms with E-state index >= 15 is 0 Å². The topological polar surface area (TPSA) is 46.5 Å². The van der Waals surface area contributed by atoms with Crippen LogP contribution < -0.4 is 0 Å². The number of esters is 1. The van der Waals surface area contributed by atoms with E-state index in [4.69, 9.17) is 4.74 Å². The van der Waals surface area contributed by atoms with E-state index in [1.807, 2.05) is 30.3 Å². The molecule has 4 heteroatoms. The minimum Gasteiger partial charge on any atom is -0.450 e. The van der Waals surface area contributed by atoms with Crippen molar-refractivity contribution in [1.29, 1.82) is 0 Å². The first-order valence-corrected chi connectivity index (χ1v) is 10.2. The largest absolute Gasteiger partial charge is 0.450 e. The molecular weight excluding hydrogens is 338 g/mol. The molecule has 0 spiro atoms. The average Bonchev–Trinajstić information content (AvgIpc) is 2.73. The zero-order valence-corrected chi connectivity index (χ0v) is 17.0. The second kappa shape index (κ2) is 9.92. The summed E-state index contributed by atoms with van der Waals surface area (Å²) in [5.41, 5.74) is -0.961. The second-order valence-electron chi connectivity index (χ2n) is 7.81. The second-order valence-corrected chi connectivity index (χ2v) is 7.81. The molecule has 1 N–H and O–H groups in total. The van der Waals surface area contributed by atoms with Gasteiger partial charge in [0.05, 0.1) is 20.1 Å². The van der Waals surface area contributed by atoms with E-state index < -0.39 is 11.6 Å². The van der Waals surface area contributed by atoms with Crippen molar-refractivity contribution in [2.45, 2.75) is 51.6 Å². The van der Waals surface area contributed by atoms with Crippen molar-refractivity contribution in [3.8, 4) is 11.8 Å². The molecule has 148 valence electrons. The van der Waals surface area contributed by atoms with Crippen LogP contribution in [0, 0.1) is 17.8 Å². The van der Waals surface area contributed by atoms with Gasteiger partial charge in [0.15, 0.2) is 12.2 Å². The van der Waals surface area contributed by atoms with Crippen LogP contribution in [0.1, 0.15) is 51.5 Å². The summed E-state index contributed by atoms with van der Waals surface area (Å²) in [5, 5.41) is 11.4. The molecule has 1 aromatic rings. The third-order valence-electron chi connectivity index (χ3n) is 6.11. The first-order valence-electron chi connectivity index (χ1n) is 10.2. The van der Waals surface area contributed by atoms with Crippen molar-refractivity contribution < 1.29 is 19.1 Å². The number of ether oxygens (including phenoxy) is 1. The molecule has 1 fully saturated rings. The Bertz CT molecular complexity index is 651. The molecule has 1 aliphatic rings. The van der Waals surface area contributed by atoms with Gasteiger partial charge in [-0.25, -0.2) is 4.79 Å². The molecule has 0 radical (unpaired) electrons. The number of carbonyl (C=O) groups excluding carboxylic acids is 1. The number of hydrogen-bond donors (Lipinski definition) is 1. The molecule has 0 heterocycles. The van der Waals surface area contributed by atoms with Gasteiger partial charge < -0.3 is 14.3 Å². The highest BCUT2D eigenvalue weighted by Crippen LogP contribution is 2.40. The van der Waals surface area contributed by atoms with Crippen molar-refractivity contribution in [3.63, 3.8) is 0 Å². The van der Waals surface area contributed by atoms with Crippen LogP contribution in [-0.4, -0.2) is 48.8 Å². The van der Waals surface area contributed by atoms with E-state index in [2.05, 4.69) is 32.7 Å². The molecule has 1 atom stereocenters. The van der Waals surface area contributed by atoms with Crippen molar-refractivity contribution in [1.82, 2.24) is 0 Å². The Labute approximate surface area is 164 Å². The molecule has 0 saturated heterocycles. The minimum atomic E-state index is -1.58. The average molecular weight is 373 g/mol.